The van der Waals surface area contributed by atoms with Crippen molar-refractivity contribution in [3.63, 3.8) is 0 Å². The van der Waals surface area contributed by atoms with Crippen molar-refractivity contribution in [2.45, 2.75) is 25.7 Å². The fourth-order valence-corrected chi connectivity index (χ4v) is 5.57. The first kappa shape index (κ1) is 23.7. The number of thiazole rings is 1. The SMILES string of the molecule is CCOC(=O)c1c(S(=O)(=O)NCC(=O)Nc2nc3ccc(OC)cc3s2)c(C)n(C)c1C. The molecule has 2 aromatic heterocycles. The summed E-state index contributed by atoms with van der Waals surface area (Å²) in [6.07, 6.45) is 0. The molecule has 0 radical (unpaired) electrons. The van der Waals surface area contributed by atoms with Gasteiger partial charge in [0.2, 0.25) is 15.9 Å². The maximum atomic E-state index is 13.0. The summed E-state index contributed by atoms with van der Waals surface area (Å²) in [6, 6.07) is 5.32. The highest BCUT2D eigenvalue weighted by Crippen LogP contribution is 2.29. The van der Waals surface area contributed by atoms with Gasteiger partial charge in [0.25, 0.3) is 0 Å². The Balaban J connectivity index is 1.77. The number of nitrogens with one attached hydrogen (secondary N) is 2. The number of fused-ring (bicyclic) bond motifs is 1. The second kappa shape index (κ2) is 9.27. The van der Waals surface area contributed by atoms with Crippen LogP contribution in [0.5, 0.6) is 5.75 Å². The third-order valence-electron chi connectivity index (χ3n) is 4.94. The van der Waals surface area contributed by atoms with E-state index in [1.54, 1.807) is 57.7 Å². The molecule has 0 saturated carbocycles. The van der Waals surface area contributed by atoms with Crippen molar-refractivity contribution in [2.24, 2.45) is 7.05 Å². The minimum Gasteiger partial charge on any atom is -0.497 e. The summed E-state index contributed by atoms with van der Waals surface area (Å²) in [5.41, 5.74) is 1.45. The Morgan fingerprint density at radius 2 is 1.94 bits per heavy atom. The number of anilines is 1. The summed E-state index contributed by atoms with van der Waals surface area (Å²) in [4.78, 5) is 28.9. The van der Waals surface area contributed by atoms with Crippen LogP contribution in [0.1, 0.15) is 28.7 Å². The highest BCUT2D eigenvalue weighted by Gasteiger charge is 2.31. The number of ether oxygens (including phenoxy) is 2. The van der Waals surface area contributed by atoms with Gasteiger partial charge in [-0.2, -0.15) is 0 Å². The quantitative estimate of drug-likeness (QED) is 0.474. The Morgan fingerprint density at radius 3 is 2.59 bits per heavy atom. The predicted molar refractivity (Wildman–Crippen MR) is 121 cm³/mol. The second-order valence-corrected chi connectivity index (χ2v) is 9.61. The van der Waals surface area contributed by atoms with Crippen LogP contribution < -0.4 is 14.8 Å². The molecule has 3 rings (SSSR count). The molecule has 10 nitrogen and oxygen atoms in total. The number of sulfonamides is 1. The van der Waals surface area contributed by atoms with E-state index in [9.17, 15) is 18.0 Å². The number of carbonyl (C=O) groups excluding carboxylic acids is 2. The highest BCUT2D eigenvalue weighted by atomic mass is 32.2. The third kappa shape index (κ3) is 4.61. The van der Waals surface area contributed by atoms with Gasteiger partial charge in [0, 0.05) is 18.4 Å². The van der Waals surface area contributed by atoms with E-state index >= 15 is 0 Å². The molecule has 0 fully saturated rings. The Morgan fingerprint density at radius 1 is 1.22 bits per heavy atom. The van der Waals surface area contributed by atoms with Gasteiger partial charge in [-0.3, -0.25) is 4.79 Å². The molecule has 1 amide bonds. The lowest BCUT2D eigenvalue weighted by Crippen LogP contribution is -2.33. The first-order valence-electron chi connectivity index (χ1n) is 9.66. The molecule has 1 aromatic carbocycles. The van der Waals surface area contributed by atoms with Crippen molar-refractivity contribution in [3.8, 4) is 5.75 Å². The number of nitrogens with zero attached hydrogens (tertiary/aromatic N) is 2. The van der Waals surface area contributed by atoms with E-state index in [1.807, 2.05) is 0 Å². The van der Waals surface area contributed by atoms with Crippen LogP contribution in [0.3, 0.4) is 0 Å². The van der Waals surface area contributed by atoms with Gasteiger partial charge in [0.15, 0.2) is 5.13 Å². The molecular weight excluding hydrogens is 456 g/mol. The smallest absolute Gasteiger partial charge is 0.341 e. The fourth-order valence-electron chi connectivity index (χ4n) is 3.17. The average Bonchev–Trinajstić information content (AvgIpc) is 3.25. The van der Waals surface area contributed by atoms with Crippen LogP contribution in [-0.4, -0.2) is 50.1 Å². The van der Waals surface area contributed by atoms with Crippen molar-refractivity contribution >= 4 is 48.6 Å². The number of hydrogen-bond acceptors (Lipinski definition) is 8. The van der Waals surface area contributed by atoms with Crippen LogP contribution in [-0.2, 0) is 26.6 Å². The molecule has 3 aromatic rings. The number of amides is 1. The number of aromatic nitrogens is 2. The summed E-state index contributed by atoms with van der Waals surface area (Å²) in [7, 11) is -0.964. The van der Waals surface area contributed by atoms with Gasteiger partial charge in [-0.25, -0.2) is 22.9 Å². The fraction of sp³-hybridized carbons (Fsp3) is 0.350. The first-order chi connectivity index (χ1) is 15.1. The number of methoxy groups -OCH3 is 1. The third-order valence-corrected chi connectivity index (χ3v) is 7.43. The molecule has 0 unspecified atom stereocenters. The largest absolute Gasteiger partial charge is 0.497 e. The number of esters is 1. The van der Waals surface area contributed by atoms with E-state index in [0.29, 0.717) is 27.8 Å². The van der Waals surface area contributed by atoms with E-state index in [0.717, 1.165) is 4.70 Å². The molecule has 2 heterocycles. The molecular formula is C20H24N4O6S2. The Labute approximate surface area is 189 Å². The maximum Gasteiger partial charge on any atom is 0.341 e. The van der Waals surface area contributed by atoms with Crippen LogP contribution in [0.25, 0.3) is 10.2 Å². The molecule has 32 heavy (non-hydrogen) atoms. The number of carbonyl (C=O) groups is 2. The topological polar surface area (TPSA) is 129 Å². The second-order valence-electron chi connectivity index (χ2n) is 6.88. The van der Waals surface area contributed by atoms with Crippen LogP contribution in [0, 0.1) is 13.8 Å². The molecule has 0 atom stereocenters. The Bertz CT molecular complexity index is 1290. The van der Waals surface area contributed by atoms with Gasteiger partial charge in [-0.15, -0.1) is 0 Å². The normalized spacial score (nSPS) is 11.5. The van der Waals surface area contributed by atoms with Gasteiger partial charge in [-0.1, -0.05) is 11.3 Å². The molecule has 0 aliphatic heterocycles. The molecule has 0 aliphatic carbocycles. The summed E-state index contributed by atoms with van der Waals surface area (Å²) in [6.45, 7) is 4.43. The van der Waals surface area contributed by atoms with Crippen LogP contribution in [0.2, 0.25) is 0 Å². The van der Waals surface area contributed by atoms with Gasteiger partial charge < -0.3 is 19.4 Å². The van der Waals surface area contributed by atoms with Crippen molar-refractivity contribution in [2.75, 3.05) is 25.6 Å². The summed E-state index contributed by atoms with van der Waals surface area (Å²) >= 11 is 1.24. The summed E-state index contributed by atoms with van der Waals surface area (Å²) in [5, 5.41) is 2.92. The van der Waals surface area contributed by atoms with Crippen molar-refractivity contribution in [1.82, 2.24) is 14.3 Å². The molecule has 172 valence electrons. The zero-order valence-corrected chi connectivity index (χ0v) is 19.9. The van der Waals surface area contributed by atoms with Crippen molar-refractivity contribution < 1.29 is 27.5 Å². The first-order valence-corrected chi connectivity index (χ1v) is 12.0. The van der Waals surface area contributed by atoms with Crippen LogP contribution in [0.15, 0.2) is 23.1 Å². The van der Waals surface area contributed by atoms with Crippen LogP contribution in [0.4, 0.5) is 5.13 Å². The Kier molecular flexibility index (Phi) is 6.86. The summed E-state index contributed by atoms with van der Waals surface area (Å²) < 4.78 is 40.8. The van der Waals surface area contributed by atoms with E-state index in [2.05, 4.69) is 15.0 Å². The number of benzene rings is 1. The molecule has 0 saturated heterocycles. The lowest BCUT2D eigenvalue weighted by Gasteiger charge is -2.09. The van der Waals surface area contributed by atoms with E-state index in [4.69, 9.17) is 9.47 Å². The maximum absolute atomic E-state index is 13.0. The van der Waals surface area contributed by atoms with Crippen LogP contribution >= 0.6 is 11.3 Å². The van der Waals surface area contributed by atoms with Crippen molar-refractivity contribution in [3.05, 3.63) is 35.2 Å². The van der Waals surface area contributed by atoms with Gasteiger partial charge in [-0.05, 0) is 39.0 Å². The molecule has 0 spiro atoms. The molecule has 0 bridgehead atoms. The van der Waals surface area contributed by atoms with Gasteiger partial charge in [0.1, 0.15) is 16.2 Å². The zero-order valence-electron chi connectivity index (χ0n) is 18.3. The molecule has 0 aliphatic rings. The monoisotopic (exact) mass is 480 g/mol. The van der Waals surface area contributed by atoms with Gasteiger partial charge >= 0.3 is 5.97 Å². The Hall–Kier alpha value is -2.96. The minimum absolute atomic E-state index is 0.0418. The predicted octanol–water partition coefficient (Wildman–Crippen LogP) is 2.35. The van der Waals surface area contributed by atoms with E-state index in [1.165, 1.54) is 11.3 Å². The highest BCUT2D eigenvalue weighted by molar-refractivity contribution is 7.89. The zero-order chi connectivity index (χ0) is 23.6. The lowest BCUT2D eigenvalue weighted by molar-refractivity contribution is -0.115. The van der Waals surface area contributed by atoms with Gasteiger partial charge in [0.05, 0.1) is 30.5 Å². The standard InChI is InChI=1S/C20H24N4O6S2/c1-6-30-19(26)17-11(2)24(4)12(3)18(17)32(27,28)21-10-16(25)23-20-22-14-8-7-13(29-5)9-15(14)31-20/h7-9,21H,6,10H2,1-5H3,(H,22,23,25). The van der Waals surface area contributed by atoms with E-state index in [-0.39, 0.29) is 17.1 Å². The average molecular weight is 481 g/mol. The summed E-state index contributed by atoms with van der Waals surface area (Å²) in [5.74, 6) is -0.663. The van der Waals surface area contributed by atoms with E-state index < -0.39 is 28.4 Å². The number of hydrogen-bond donors (Lipinski definition) is 2. The molecule has 12 heteroatoms. The van der Waals surface area contributed by atoms with Crippen molar-refractivity contribution in [1.29, 1.82) is 0 Å². The number of rotatable bonds is 8. The minimum atomic E-state index is -4.17. The lowest BCUT2D eigenvalue weighted by atomic mass is 10.2. The molecule has 2 N–H and O–H groups in total.